The van der Waals surface area contributed by atoms with Crippen molar-refractivity contribution in [3.63, 3.8) is 0 Å². The van der Waals surface area contributed by atoms with Crippen molar-refractivity contribution in [3.05, 3.63) is 24.3 Å². The van der Waals surface area contributed by atoms with Crippen LogP contribution in [0.25, 0.3) is 0 Å². The van der Waals surface area contributed by atoms with Gasteiger partial charge in [-0.3, -0.25) is 4.79 Å². The second-order valence-corrected chi connectivity index (χ2v) is 2.67. The zero-order valence-electron chi connectivity index (χ0n) is 7.90. The standard InChI is InChI=1S/C10H12O4/c1-13-10(12)6-7-14-9-4-2-8(11)3-5-9/h2-5,11H,6-7H2,1H3. The van der Waals surface area contributed by atoms with Crippen molar-refractivity contribution in [2.75, 3.05) is 13.7 Å². The fourth-order valence-electron chi connectivity index (χ4n) is 0.897. The predicted octanol–water partition coefficient (Wildman–Crippen LogP) is 1.33. The first-order chi connectivity index (χ1) is 6.72. The van der Waals surface area contributed by atoms with E-state index in [2.05, 4.69) is 4.74 Å². The molecule has 0 aromatic heterocycles. The van der Waals surface area contributed by atoms with Crippen molar-refractivity contribution >= 4 is 5.97 Å². The van der Waals surface area contributed by atoms with Crippen molar-refractivity contribution in [1.82, 2.24) is 0 Å². The SMILES string of the molecule is COC(=O)CCOc1ccc(O)cc1. The Hall–Kier alpha value is -1.71. The van der Waals surface area contributed by atoms with E-state index in [1.807, 2.05) is 0 Å². The fourth-order valence-corrected chi connectivity index (χ4v) is 0.897. The second kappa shape index (κ2) is 5.11. The summed E-state index contributed by atoms with van der Waals surface area (Å²) in [5.74, 6) is 0.501. The molecule has 4 heteroatoms. The Bertz CT molecular complexity index is 291. The Labute approximate surface area is 82.1 Å². The number of benzene rings is 1. The van der Waals surface area contributed by atoms with E-state index in [0.29, 0.717) is 5.75 Å². The lowest BCUT2D eigenvalue weighted by molar-refractivity contribution is -0.141. The van der Waals surface area contributed by atoms with E-state index in [-0.39, 0.29) is 24.7 Å². The first kappa shape index (κ1) is 10.4. The Morgan fingerprint density at radius 1 is 1.36 bits per heavy atom. The number of hydrogen-bond donors (Lipinski definition) is 1. The van der Waals surface area contributed by atoms with Crippen LogP contribution in [0.5, 0.6) is 11.5 Å². The molecule has 1 N–H and O–H groups in total. The topological polar surface area (TPSA) is 55.8 Å². The summed E-state index contributed by atoms with van der Waals surface area (Å²) in [6.45, 7) is 0.275. The average molecular weight is 196 g/mol. The third-order valence-corrected chi connectivity index (χ3v) is 1.64. The molecule has 0 saturated carbocycles. The third kappa shape index (κ3) is 3.35. The molecule has 0 fully saturated rings. The highest BCUT2D eigenvalue weighted by molar-refractivity contribution is 5.69. The van der Waals surface area contributed by atoms with Crippen LogP contribution in [0, 0.1) is 0 Å². The molecule has 4 nitrogen and oxygen atoms in total. The molecule has 0 amide bonds. The summed E-state index contributed by atoms with van der Waals surface area (Å²) in [5, 5.41) is 8.98. The van der Waals surface area contributed by atoms with Gasteiger partial charge in [-0.15, -0.1) is 0 Å². The molecule has 0 radical (unpaired) electrons. The summed E-state index contributed by atoms with van der Waals surface area (Å²) in [5.41, 5.74) is 0. The zero-order valence-corrected chi connectivity index (χ0v) is 7.90. The van der Waals surface area contributed by atoms with Crippen LogP contribution in [0.4, 0.5) is 0 Å². The fraction of sp³-hybridized carbons (Fsp3) is 0.300. The lowest BCUT2D eigenvalue weighted by Crippen LogP contribution is -2.07. The van der Waals surface area contributed by atoms with Gasteiger partial charge < -0.3 is 14.6 Å². The number of aromatic hydroxyl groups is 1. The van der Waals surface area contributed by atoms with E-state index in [4.69, 9.17) is 9.84 Å². The highest BCUT2D eigenvalue weighted by Crippen LogP contribution is 2.15. The van der Waals surface area contributed by atoms with Gasteiger partial charge in [0.2, 0.25) is 0 Å². The lowest BCUT2D eigenvalue weighted by Gasteiger charge is -2.04. The van der Waals surface area contributed by atoms with Crippen LogP contribution in [0.1, 0.15) is 6.42 Å². The van der Waals surface area contributed by atoms with Crippen molar-refractivity contribution in [2.24, 2.45) is 0 Å². The molecular weight excluding hydrogens is 184 g/mol. The lowest BCUT2D eigenvalue weighted by atomic mass is 10.3. The summed E-state index contributed by atoms with van der Waals surface area (Å²) in [4.78, 5) is 10.7. The number of rotatable bonds is 4. The molecule has 76 valence electrons. The molecule has 0 saturated heterocycles. The van der Waals surface area contributed by atoms with Crippen LogP contribution < -0.4 is 4.74 Å². The maximum atomic E-state index is 10.7. The van der Waals surface area contributed by atoms with Crippen molar-refractivity contribution < 1.29 is 19.4 Å². The molecular formula is C10H12O4. The highest BCUT2D eigenvalue weighted by Gasteiger charge is 2.00. The first-order valence-corrected chi connectivity index (χ1v) is 4.21. The van der Waals surface area contributed by atoms with Crippen LogP contribution in [0.2, 0.25) is 0 Å². The van der Waals surface area contributed by atoms with Gasteiger partial charge in [-0.2, -0.15) is 0 Å². The smallest absolute Gasteiger partial charge is 0.308 e. The van der Waals surface area contributed by atoms with Gasteiger partial charge in [0.05, 0.1) is 20.1 Å². The molecule has 0 aliphatic rings. The van der Waals surface area contributed by atoms with Crippen LogP contribution in [0.3, 0.4) is 0 Å². The van der Waals surface area contributed by atoms with E-state index in [1.165, 1.54) is 19.2 Å². The van der Waals surface area contributed by atoms with E-state index >= 15 is 0 Å². The normalized spacial score (nSPS) is 9.50. The molecule has 0 spiro atoms. The van der Waals surface area contributed by atoms with Crippen molar-refractivity contribution in [1.29, 1.82) is 0 Å². The van der Waals surface area contributed by atoms with Gasteiger partial charge >= 0.3 is 5.97 Å². The minimum absolute atomic E-state index is 0.185. The number of carbonyl (C=O) groups is 1. The maximum Gasteiger partial charge on any atom is 0.308 e. The van der Waals surface area contributed by atoms with E-state index in [9.17, 15) is 4.79 Å². The van der Waals surface area contributed by atoms with Crippen LogP contribution >= 0.6 is 0 Å². The van der Waals surface area contributed by atoms with Gasteiger partial charge in [0, 0.05) is 0 Å². The summed E-state index contributed by atoms with van der Waals surface area (Å²) in [7, 11) is 1.34. The van der Waals surface area contributed by atoms with Crippen LogP contribution in [-0.4, -0.2) is 24.8 Å². The van der Waals surface area contributed by atoms with Gasteiger partial charge in [-0.25, -0.2) is 0 Å². The Morgan fingerprint density at radius 3 is 2.57 bits per heavy atom. The van der Waals surface area contributed by atoms with Gasteiger partial charge in [-0.1, -0.05) is 0 Å². The quantitative estimate of drug-likeness (QED) is 0.738. The summed E-state index contributed by atoms with van der Waals surface area (Å²) >= 11 is 0. The predicted molar refractivity (Wildman–Crippen MR) is 50.2 cm³/mol. The third-order valence-electron chi connectivity index (χ3n) is 1.64. The largest absolute Gasteiger partial charge is 0.508 e. The molecule has 0 aliphatic heterocycles. The summed E-state index contributed by atoms with van der Waals surface area (Å²) in [6, 6.07) is 6.31. The van der Waals surface area contributed by atoms with E-state index < -0.39 is 0 Å². The Kier molecular flexibility index (Phi) is 3.79. The van der Waals surface area contributed by atoms with E-state index in [0.717, 1.165) is 0 Å². The molecule has 0 bridgehead atoms. The summed E-state index contributed by atoms with van der Waals surface area (Å²) in [6.07, 6.45) is 0.220. The number of esters is 1. The number of ether oxygens (including phenoxy) is 2. The van der Waals surface area contributed by atoms with E-state index in [1.54, 1.807) is 12.1 Å². The molecule has 0 atom stereocenters. The Morgan fingerprint density at radius 2 is 2.00 bits per heavy atom. The number of phenolic OH excluding ortho intramolecular Hbond substituents is 1. The maximum absolute atomic E-state index is 10.7. The molecule has 14 heavy (non-hydrogen) atoms. The zero-order chi connectivity index (χ0) is 10.4. The average Bonchev–Trinajstić information content (AvgIpc) is 2.21. The summed E-state index contributed by atoms with van der Waals surface area (Å²) < 4.78 is 9.67. The minimum atomic E-state index is -0.302. The highest BCUT2D eigenvalue weighted by atomic mass is 16.5. The van der Waals surface area contributed by atoms with Crippen LogP contribution in [-0.2, 0) is 9.53 Å². The Balaban J connectivity index is 2.31. The van der Waals surface area contributed by atoms with Gasteiger partial charge in [0.25, 0.3) is 0 Å². The first-order valence-electron chi connectivity index (χ1n) is 4.21. The number of methoxy groups -OCH3 is 1. The molecule has 0 aliphatic carbocycles. The molecule has 0 heterocycles. The number of phenols is 1. The number of hydrogen-bond acceptors (Lipinski definition) is 4. The van der Waals surface area contributed by atoms with Crippen LogP contribution in [0.15, 0.2) is 24.3 Å². The van der Waals surface area contributed by atoms with Crippen molar-refractivity contribution in [2.45, 2.75) is 6.42 Å². The van der Waals surface area contributed by atoms with Crippen molar-refractivity contribution in [3.8, 4) is 11.5 Å². The second-order valence-electron chi connectivity index (χ2n) is 2.67. The molecule has 0 unspecified atom stereocenters. The number of carbonyl (C=O) groups excluding carboxylic acids is 1. The monoisotopic (exact) mass is 196 g/mol. The molecule has 1 aromatic carbocycles. The molecule has 1 aromatic rings. The van der Waals surface area contributed by atoms with Gasteiger partial charge in [0.1, 0.15) is 11.5 Å². The minimum Gasteiger partial charge on any atom is -0.508 e. The molecule has 1 rings (SSSR count). The van der Waals surface area contributed by atoms with Gasteiger partial charge in [0.15, 0.2) is 0 Å². The van der Waals surface area contributed by atoms with Gasteiger partial charge in [-0.05, 0) is 24.3 Å².